The molecule has 0 radical (unpaired) electrons. The molecule has 34 heavy (non-hydrogen) atoms. The number of benzene rings is 2. The van der Waals surface area contributed by atoms with Crippen LogP contribution in [0.5, 0.6) is 5.75 Å². The third kappa shape index (κ3) is 3.12. The predicted molar refractivity (Wildman–Crippen MR) is 133 cm³/mol. The standard InChI is InChI=1S/C29H31N3O2/c1-29(2)23-16-25(32-11-7-20(8-12-32)31-9-3-4-10-31)26(33)15-22(23)28(34)27-21-6-5-18(17-30)13-19(21)14-24(27)29/h5-6,13,15-16,20,33H,3-4,7-12,14H2,1-2H3. The zero-order valence-electron chi connectivity index (χ0n) is 20.0. The van der Waals surface area contributed by atoms with E-state index in [1.54, 1.807) is 12.1 Å². The molecule has 0 amide bonds. The summed E-state index contributed by atoms with van der Waals surface area (Å²) < 4.78 is 0. The summed E-state index contributed by atoms with van der Waals surface area (Å²) in [6, 6.07) is 12.3. The van der Waals surface area contributed by atoms with Crippen molar-refractivity contribution >= 4 is 17.0 Å². The molecule has 0 unspecified atom stereocenters. The molecule has 6 rings (SSSR count). The van der Waals surface area contributed by atoms with Crippen LogP contribution in [0.3, 0.4) is 0 Å². The Kier molecular flexibility index (Phi) is 4.86. The number of carbonyl (C=O) groups excluding carboxylic acids is 1. The fourth-order valence-electron chi connectivity index (χ4n) is 6.70. The Morgan fingerprint density at radius 2 is 1.76 bits per heavy atom. The lowest BCUT2D eigenvalue weighted by Crippen LogP contribution is -2.44. The molecule has 2 aromatic carbocycles. The molecule has 5 nitrogen and oxygen atoms in total. The first-order valence-electron chi connectivity index (χ1n) is 12.6. The average Bonchev–Trinajstić information content (AvgIpc) is 3.51. The number of nitriles is 1. The lowest BCUT2D eigenvalue weighted by atomic mass is 9.68. The van der Waals surface area contributed by atoms with Crippen molar-refractivity contribution in [2.75, 3.05) is 31.1 Å². The minimum absolute atomic E-state index is 0.0117. The number of piperidine rings is 1. The molecule has 0 bridgehead atoms. The molecule has 1 N–H and O–H groups in total. The number of likely N-dealkylation sites (tertiary alicyclic amines) is 1. The highest BCUT2D eigenvalue weighted by Gasteiger charge is 2.43. The molecule has 5 heteroatoms. The number of phenolic OH excluding ortho intramolecular Hbond substituents is 1. The Bertz CT molecular complexity index is 1270. The van der Waals surface area contributed by atoms with Crippen LogP contribution < -0.4 is 4.90 Å². The van der Waals surface area contributed by atoms with Gasteiger partial charge in [-0.3, -0.25) is 4.79 Å². The molecular formula is C29H31N3O2. The van der Waals surface area contributed by atoms with E-state index in [-0.39, 0.29) is 16.9 Å². The van der Waals surface area contributed by atoms with E-state index < -0.39 is 0 Å². The fraction of sp³-hybridized carbons (Fsp3) is 0.448. The number of ketones is 1. The highest BCUT2D eigenvalue weighted by Crippen LogP contribution is 2.51. The number of carbonyl (C=O) groups is 1. The summed E-state index contributed by atoms with van der Waals surface area (Å²) in [5.41, 5.74) is 6.62. The third-order valence-electron chi connectivity index (χ3n) is 8.65. The Labute approximate surface area is 201 Å². The maximum atomic E-state index is 13.7. The first-order chi connectivity index (χ1) is 16.4. The number of hydrogen-bond donors (Lipinski definition) is 1. The van der Waals surface area contributed by atoms with Crippen molar-refractivity contribution in [3.63, 3.8) is 0 Å². The zero-order valence-corrected chi connectivity index (χ0v) is 20.0. The van der Waals surface area contributed by atoms with Crippen LogP contribution in [0.4, 0.5) is 5.69 Å². The summed E-state index contributed by atoms with van der Waals surface area (Å²) >= 11 is 0. The van der Waals surface area contributed by atoms with Crippen LogP contribution in [0.15, 0.2) is 35.9 Å². The maximum Gasteiger partial charge on any atom is 0.194 e. The van der Waals surface area contributed by atoms with Crippen LogP contribution in [-0.4, -0.2) is 48.0 Å². The van der Waals surface area contributed by atoms with Crippen molar-refractivity contribution < 1.29 is 9.90 Å². The van der Waals surface area contributed by atoms with Gasteiger partial charge >= 0.3 is 0 Å². The number of Topliss-reactive ketones (excluding diaryl/α,β-unsaturated/α-hetero) is 1. The van der Waals surface area contributed by atoms with E-state index in [2.05, 4.69) is 35.8 Å². The van der Waals surface area contributed by atoms with E-state index >= 15 is 0 Å². The maximum absolute atomic E-state index is 13.7. The highest BCUT2D eigenvalue weighted by molar-refractivity contribution is 6.33. The summed E-state index contributed by atoms with van der Waals surface area (Å²) in [7, 11) is 0. The molecule has 0 atom stereocenters. The number of allylic oxidation sites excluding steroid dienone is 2. The fourth-order valence-corrected chi connectivity index (χ4v) is 6.70. The number of aromatic hydroxyl groups is 1. The van der Waals surface area contributed by atoms with Crippen LogP contribution in [0.1, 0.15) is 72.1 Å². The second-order valence-electron chi connectivity index (χ2n) is 10.8. The summed E-state index contributed by atoms with van der Waals surface area (Å²) in [6.45, 7) is 8.67. The van der Waals surface area contributed by atoms with Crippen molar-refractivity contribution in [1.29, 1.82) is 5.26 Å². The number of hydrogen-bond acceptors (Lipinski definition) is 5. The van der Waals surface area contributed by atoms with Crippen LogP contribution >= 0.6 is 0 Å². The predicted octanol–water partition coefficient (Wildman–Crippen LogP) is 4.81. The smallest absolute Gasteiger partial charge is 0.194 e. The molecule has 0 aromatic heterocycles. The van der Waals surface area contributed by atoms with Gasteiger partial charge in [-0.15, -0.1) is 0 Å². The number of phenols is 1. The molecule has 2 aliphatic carbocycles. The quantitative estimate of drug-likeness (QED) is 0.707. The molecular weight excluding hydrogens is 422 g/mol. The minimum Gasteiger partial charge on any atom is -0.506 e. The number of nitrogens with zero attached hydrogens (tertiary/aromatic N) is 3. The van der Waals surface area contributed by atoms with E-state index in [0.717, 1.165) is 59.5 Å². The third-order valence-corrected chi connectivity index (χ3v) is 8.65. The molecule has 2 saturated heterocycles. The van der Waals surface area contributed by atoms with Gasteiger partial charge in [0.2, 0.25) is 0 Å². The summed E-state index contributed by atoms with van der Waals surface area (Å²) in [6.07, 6.45) is 5.55. The van der Waals surface area contributed by atoms with Gasteiger partial charge in [0.25, 0.3) is 0 Å². The number of rotatable bonds is 2. The van der Waals surface area contributed by atoms with E-state index in [0.29, 0.717) is 23.6 Å². The van der Waals surface area contributed by atoms with Crippen LogP contribution in [-0.2, 0) is 11.8 Å². The van der Waals surface area contributed by atoms with Gasteiger partial charge in [-0.1, -0.05) is 19.9 Å². The largest absolute Gasteiger partial charge is 0.506 e. The van der Waals surface area contributed by atoms with Gasteiger partial charge < -0.3 is 14.9 Å². The van der Waals surface area contributed by atoms with Gasteiger partial charge in [0.1, 0.15) is 5.75 Å². The van der Waals surface area contributed by atoms with Gasteiger partial charge in [0, 0.05) is 35.7 Å². The number of anilines is 1. The van der Waals surface area contributed by atoms with Crippen LogP contribution in [0.25, 0.3) is 5.57 Å². The van der Waals surface area contributed by atoms with Gasteiger partial charge in [-0.2, -0.15) is 5.26 Å². The lowest BCUT2D eigenvalue weighted by molar-refractivity contribution is 0.105. The van der Waals surface area contributed by atoms with Crippen molar-refractivity contribution in [3.05, 3.63) is 63.7 Å². The Balaban J connectivity index is 1.33. The summed E-state index contributed by atoms with van der Waals surface area (Å²) in [4.78, 5) is 18.6. The topological polar surface area (TPSA) is 67.6 Å². The Morgan fingerprint density at radius 1 is 1.03 bits per heavy atom. The van der Waals surface area contributed by atoms with E-state index in [9.17, 15) is 15.2 Å². The molecule has 2 aliphatic heterocycles. The summed E-state index contributed by atoms with van der Waals surface area (Å²) in [5, 5.41) is 20.4. The van der Waals surface area contributed by atoms with Crippen molar-refractivity contribution in [1.82, 2.24) is 4.90 Å². The van der Waals surface area contributed by atoms with Crippen molar-refractivity contribution in [2.45, 2.75) is 57.4 Å². The molecule has 0 saturated carbocycles. The van der Waals surface area contributed by atoms with Crippen LogP contribution in [0, 0.1) is 11.3 Å². The van der Waals surface area contributed by atoms with Crippen LogP contribution in [0.2, 0.25) is 0 Å². The SMILES string of the molecule is CC1(C)C2=C(C(=O)c3cc(O)c(N4CCC(N5CCCC5)CC4)cc31)c1ccc(C#N)cc1C2. The monoisotopic (exact) mass is 453 g/mol. The first kappa shape index (κ1) is 21.4. The highest BCUT2D eigenvalue weighted by atomic mass is 16.3. The molecule has 2 aromatic rings. The van der Waals surface area contributed by atoms with Crippen molar-refractivity contribution in [3.8, 4) is 11.8 Å². The number of fused-ring (bicyclic) bond motifs is 3. The molecule has 2 fully saturated rings. The second kappa shape index (κ2) is 7.71. The second-order valence-corrected chi connectivity index (χ2v) is 10.8. The van der Waals surface area contributed by atoms with E-state index in [1.165, 1.54) is 25.9 Å². The normalized spacial score (nSPS) is 21.9. The Hall–Kier alpha value is -3.10. The molecule has 0 spiro atoms. The van der Waals surface area contributed by atoms with Crippen molar-refractivity contribution in [2.24, 2.45) is 0 Å². The van der Waals surface area contributed by atoms with Gasteiger partial charge in [0.15, 0.2) is 5.78 Å². The first-order valence-corrected chi connectivity index (χ1v) is 12.6. The molecule has 174 valence electrons. The van der Waals surface area contributed by atoms with Gasteiger partial charge in [-0.05, 0) is 91.7 Å². The van der Waals surface area contributed by atoms with Gasteiger partial charge in [-0.25, -0.2) is 0 Å². The van der Waals surface area contributed by atoms with E-state index in [1.807, 2.05) is 12.1 Å². The zero-order chi connectivity index (χ0) is 23.6. The Morgan fingerprint density at radius 3 is 2.47 bits per heavy atom. The minimum atomic E-state index is -0.333. The molecule has 2 heterocycles. The lowest BCUT2D eigenvalue weighted by Gasteiger charge is -2.39. The summed E-state index contributed by atoms with van der Waals surface area (Å²) in [5.74, 6) is 0.187. The molecule has 4 aliphatic rings. The average molecular weight is 454 g/mol. The van der Waals surface area contributed by atoms with Gasteiger partial charge in [0.05, 0.1) is 17.3 Å². The van der Waals surface area contributed by atoms with E-state index in [4.69, 9.17) is 0 Å².